The average molecular weight is 1120 g/mol. The fourth-order valence-electron chi connectivity index (χ4n) is 14.6. The number of benzene rings is 13. The van der Waals surface area contributed by atoms with Gasteiger partial charge in [-0.05, 0) is 147 Å². The third kappa shape index (κ3) is 7.72. The van der Waals surface area contributed by atoms with Crippen molar-refractivity contribution in [2.24, 2.45) is 0 Å². The molecular formula is C82H61BN2S. The predicted octanol–water partition coefficient (Wildman–Crippen LogP) is 21.0. The molecule has 0 N–H and O–H groups in total. The highest BCUT2D eigenvalue weighted by molar-refractivity contribution is 7.26. The first-order valence-electron chi connectivity index (χ1n) is 30.3. The molecule has 13 aromatic carbocycles. The van der Waals surface area contributed by atoms with Crippen LogP contribution in [0.2, 0.25) is 0 Å². The molecule has 4 heterocycles. The lowest BCUT2D eigenvalue weighted by atomic mass is 9.33. The predicted molar refractivity (Wildman–Crippen MR) is 373 cm³/mol. The molecule has 0 atom stereocenters. The van der Waals surface area contributed by atoms with E-state index in [0.717, 1.165) is 0 Å². The van der Waals surface area contributed by atoms with Crippen LogP contribution in [-0.4, -0.2) is 11.3 Å². The summed E-state index contributed by atoms with van der Waals surface area (Å²) in [5.74, 6) is 0. The van der Waals surface area contributed by atoms with Gasteiger partial charge >= 0.3 is 0 Å². The third-order valence-electron chi connectivity index (χ3n) is 18.8. The van der Waals surface area contributed by atoms with Gasteiger partial charge in [-0.3, -0.25) is 0 Å². The van der Waals surface area contributed by atoms with Crippen molar-refractivity contribution in [3.63, 3.8) is 0 Å². The molecule has 0 unspecified atom stereocenters. The molecule has 408 valence electrons. The number of nitrogens with zero attached hydrogens (tertiary/aromatic N) is 2. The van der Waals surface area contributed by atoms with Crippen LogP contribution in [0.4, 0.5) is 17.1 Å². The summed E-state index contributed by atoms with van der Waals surface area (Å²) in [5.41, 5.74) is 25.6. The summed E-state index contributed by atoms with van der Waals surface area (Å²) in [6, 6.07) is 99.7. The normalized spacial score (nSPS) is 13.0. The van der Waals surface area contributed by atoms with E-state index in [1.807, 2.05) is 11.3 Å². The Morgan fingerprint density at radius 2 is 0.907 bits per heavy atom. The minimum Gasteiger partial charge on any atom is -0.310 e. The Labute approximate surface area is 507 Å². The molecule has 0 saturated heterocycles. The van der Waals surface area contributed by atoms with E-state index in [1.54, 1.807) is 0 Å². The lowest BCUT2D eigenvalue weighted by Gasteiger charge is -2.42. The second-order valence-electron chi connectivity index (χ2n) is 26.0. The molecule has 0 saturated carbocycles. The summed E-state index contributed by atoms with van der Waals surface area (Å²) in [4.78, 5) is 2.75. The third-order valence-corrected chi connectivity index (χ3v) is 20.0. The maximum Gasteiger partial charge on any atom is 0.253 e. The van der Waals surface area contributed by atoms with Crippen molar-refractivity contribution in [2.75, 3.05) is 4.90 Å². The molecule has 2 nitrogen and oxygen atoms in total. The number of thiophene rings is 1. The van der Waals surface area contributed by atoms with Crippen LogP contribution >= 0.6 is 11.3 Å². The van der Waals surface area contributed by atoms with Gasteiger partial charge in [-0.2, -0.15) is 0 Å². The molecule has 0 radical (unpaired) electrons. The first kappa shape index (κ1) is 50.8. The van der Waals surface area contributed by atoms with Crippen LogP contribution in [0.15, 0.2) is 261 Å². The Morgan fingerprint density at radius 1 is 0.326 bits per heavy atom. The van der Waals surface area contributed by atoms with Crippen molar-refractivity contribution >= 4 is 115 Å². The second-order valence-corrected chi connectivity index (χ2v) is 27.1. The standard InChI is InChI=1S/C82H61BN2S/c1-81(2,3)57-41-55(42-58(47-57)82(4,5)6)62-35-22-34-61(52-27-14-9-15-28-52)79(62)85-72-48-69-66-33-20-21-36-75(66)86-76(69)49-70(72)83-77-60(51-25-12-8-13-26-51)39-40-67-65-38-37-53(50-23-10-7-11-24-50)44-71(65)84(80(67)77)73-45-56(46-74(85)78(73)83)68-43-54-29-16-17-30-59(54)63-31-18-19-32-64(63)68/h7-49H,1-6H3. The van der Waals surface area contributed by atoms with Crippen LogP contribution in [0.3, 0.4) is 0 Å². The van der Waals surface area contributed by atoms with E-state index in [0.29, 0.717) is 0 Å². The van der Waals surface area contributed by atoms with E-state index >= 15 is 0 Å². The molecule has 0 spiro atoms. The summed E-state index contributed by atoms with van der Waals surface area (Å²) in [7, 11) is 0. The topological polar surface area (TPSA) is 8.17 Å². The Hall–Kier alpha value is -9.74. The Bertz CT molecular complexity index is 5280. The van der Waals surface area contributed by atoms with E-state index in [4.69, 9.17) is 0 Å². The van der Waals surface area contributed by atoms with Crippen molar-refractivity contribution < 1.29 is 0 Å². The van der Waals surface area contributed by atoms with Crippen molar-refractivity contribution in [2.45, 2.75) is 52.4 Å². The number of para-hydroxylation sites is 1. The zero-order chi connectivity index (χ0) is 57.7. The molecule has 2 aliphatic rings. The molecule has 15 aromatic rings. The van der Waals surface area contributed by atoms with Gasteiger partial charge in [0.15, 0.2) is 0 Å². The van der Waals surface area contributed by atoms with Gasteiger partial charge in [-0.15, -0.1) is 11.3 Å². The monoisotopic (exact) mass is 1120 g/mol. The minimum atomic E-state index is -0.156. The molecule has 0 bridgehead atoms. The maximum absolute atomic E-state index is 2.75. The molecule has 86 heavy (non-hydrogen) atoms. The molecule has 2 aromatic heterocycles. The van der Waals surface area contributed by atoms with Crippen LogP contribution in [0.25, 0.3) is 125 Å². The Balaban J connectivity index is 1.10. The fourth-order valence-corrected chi connectivity index (χ4v) is 15.8. The van der Waals surface area contributed by atoms with Gasteiger partial charge in [0, 0.05) is 64.7 Å². The van der Waals surface area contributed by atoms with Gasteiger partial charge in [-0.1, -0.05) is 260 Å². The second kappa shape index (κ2) is 18.9. The number of fused-ring (bicyclic) bond motifs is 13. The summed E-state index contributed by atoms with van der Waals surface area (Å²) in [6.45, 7) is 14.0. The van der Waals surface area contributed by atoms with E-state index in [-0.39, 0.29) is 17.5 Å². The van der Waals surface area contributed by atoms with Crippen LogP contribution in [0, 0.1) is 0 Å². The summed E-state index contributed by atoms with van der Waals surface area (Å²) in [5, 5.41) is 10.0. The van der Waals surface area contributed by atoms with Crippen molar-refractivity contribution in [3.8, 4) is 61.3 Å². The van der Waals surface area contributed by atoms with Crippen molar-refractivity contribution in [3.05, 3.63) is 272 Å². The highest BCUT2D eigenvalue weighted by atomic mass is 32.1. The smallest absolute Gasteiger partial charge is 0.253 e. The number of hydrogen-bond acceptors (Lipinski definition) is 2. The average Bonchev–Trinajstić information content (AvgIpc) is 1.31. The Morgan fingerprint density at radius 3 is 1.62 bits per heavy atom. The van der Waals surface area contributed by atoms with Gasteiger partial charge in [0.2, 0.25) is 0 Å². The minimum absolute atomic E-state index is 0.102. The molecule has 0 aliphatic carbocycles. The zero-order valence-corrected chi connectivity index (χ0v) is 50.0. The highest BCUT2D eigenvalue weighted by Gasteiger charge is 2.45. The van der Waals surface area contributed by atoms with E-state index < -0.39 is 0 Å². The number of hydrogen-bond donors (Lipinski definition) is 0. The van der Waals surface area contributed by atoms with Crippen LogP contribution in [0.1, 0.15) is 52.7 Å². The summed E-state index contributed by atoms with van der Waals surface area (Å²) in [6.07, 6.45) is 0. The molecule has 4 heteroatoms. The van der Waals surface area contributed by atoms with Gasteiger partial charge in [0.25, 0.3) is 6.71 Å². The maximum atomic E-state index is 2.75. The summed E-state index contributed by atoms with van der Waals surface area (Å²) < 4.78 is 5.28. The van der Waals surface area contributed by atoms with Crippen molar-refractivity contribution in [1.82, 2.24) is 4.57 Å². The molecule has 0 fully saturated rings. The molecular weight excluding hydrogens is 1060 g/mol. The largest absolute Gasteiger partial charge is 0.310 e. The van der Waals surface area contributed by atoms with Gasteiger partial charge < -0.3 is 9.47 Å². The van der Waals surface area contributed by atoms with Crippen LogP contribution < -0.4 is 21.3 Å². The van der Waals surface area contributed by atoms with Crippen molar-refractivity contribution in [1.29, 1.82) is 0 Å². The number of anilines is 3. The zero-order valence-electron chi connectivity index (χ0n) is 49.2. The van der Waals surface area contributed by atoms with Crippen LogP contribution in [0.5, 0.6) is 0 Å². The quantitative estimate of drug-likeness (QED) is 0.119. The van der Waals surface area contributed by atoms with Crippen LogP contribution in [-0.2, 0) is 10.8 Å². The van der Waals surface area contributed by atoms with Gasteiger partial charge in [-0.25, -0.2) is 0 Å². The first-order chi connectivity index (χ1) is 41.9. The summed E-state index contributed by atoms with van der Waals surface area (Å²) >= 11 is 1.92. The lowest BCUT2D eigenvalue weighted by Crippen LogP contribution is -2.61. The molecule has 2 aliphatic heterocycles. The lowest BCUT2D eigenvalue weighted by molar-refractivity contribution is 0.569. The molecule has 17 rings (SSSR count). The molecule has 0 amide bonds. The number of rotatable bonds is 6. The van der Waals surface area contributed by atoms with Gasteiger partial charge in [0.05, 0.1) is 11.2 Å². The first-order valence-corrected chi connectivity index (χ1v) is 31.2. The van der Waals surface area contributed by atoms with E-state index in [2.05, 4.69) is 312 Å². The Kier molecular flexibility index (Phi) is 11.1. The van der Waals surface area contributed by atoms with Gasteiger partial charge in [0.1, 0.15) is 0 Å². The number of aromatic nitrogens is 1. The fraction of sp³-hybridized carbons (Fsp3) is 0.0976. The SMILES string of the molecule is CC(C)(C)c1cc(-c2cccc(-c3ccccc3)c2N2c3cc4c(cc3B3c5c2cc(-c2cc6ccccc6c6ccccc26)cc5-n2c5cc(-c6ccccc6)ccc5c5ccc(-c6ccccc6)c3c52)sc2ccccc24)cc(C(C)(C)C)c1. The highest BCUT2D eigenvalue weighted by Crippen LogP contribution is 2.53. The van der Waals surface area contributed by atoms with E-state index in [9.17, 15) is 0 Å². The van der Waals surface area contributed by atoms with E-state index in [1.165, 1.54) is 169 Å².